The summed E-state index contributed by atoms with van der Waals surface area (Å²) in [6.45, 7) is 0.190. The van der Waals surface area contributed by atoms with Gasteiger partial charge in [0.05, 0.1) is 12.8 Å². The van der Waals surface area contributed by atoms with Crippen LogP contribution in [-0.4, -0.2) is 23.5 Å². The molecule has 1 amide bonds. The minimum Gasteiger partial charge on any atom is -0.467 e. The van der Waals surface area contributed by atoms with Crippen LogP contribution >= 0.6 is 0 Å². The molecule has 0 aliphatic carbocycles. The summed E-state index contributed by atoms with van der Waals surface area (Å²) in [6, 6.07) is 2.36. The van der Waals surface area contributed by atoms with E-state index in [4.69, 9.17) is 4.42 Å². The molecular weight excluding hydrogens is 330 g/mol. The number of pyridine rings is 1. The van der Waals surface area contributed by atoms with E-state index in [0.717, 1.165) is 4.90 Å². The first-order valence-electron chi connectivity index (χ1n) is 7.25. The maximum absolute atomic E-state index is 13.9. The largest absolute Gasteiger partial charge is 0.467 e. The smallest absolute Gasteiger partial charge is 0.253 e. The Morgan fingerprint density at radius 2 is 2.00 bits per heavy atom. The van der Waals surface area contributed by atoms with E-state index in [9.17, 15) is 22.4 Å². The Morgan fingerprint density at radius 3 is 2.62 bits per heavy atom. The summed E-state index contributed by atoms with van der Waals surface area (Å²) >= 11 is 0. The van der Waals surface area contributed by atoms with Crippen molar-refractivity contribution in [3.63, 3.8) is 0 Å². The van der Waals surface area contributed by atoms with Crippen molar-refractivity contribution in [3.8, 4) is 0 Å². The van der Waals surface area contributed by atoms with Crippen LogP contribution in [-0.2, 0) is 11.3 Å². The molecule has 1 saturated heterocycles. The van der Waals surface area contributed by atoms with E-state index in [1.165, 1.54) is 6.26 Å². The second kappa shape index (κ2) is 6.50. The van der Waals surface area contributed by atoms with E-state index >= 15 is 0 Å². The van der Waals surface area contributed by atoms with Gasteiger partial charge in [0.1, 0.15) is 17.5 Å². The van der Waals surface area contributed by atoms with Gasteiger partial charge in [-0.25, -0.2) is 0 Å². The highest BCUT2D eigenvalue weighted by atomic mass is 19.2. The first-order valence-corrected chi connectivity index (χ1v) is 7.25. The van der Waals surface area contributed by atoms with Crippen molar-refractivity contribution < 1.29 is 26.8 Å². The molecule has 24 heavy (non-hydrogen) atoms. The highest BCUT2D eigenvalue weighted by Crippen LogP contribution is 2.32. The van der Waals surface area contributed by atoms with Crippen molar-refractivity contribution in [2.45, 2.75) is 25.4 Å². The minimum absolute atomic E-state index is 0.0928. The van der Waals surface area contributed by atoms with Crippen molar-refractivity contribution >= 4 is 11.6 Å². The SMILES string of the molecule is O=C(NCc1ccco1)[C@@H]1CCCN1c1c(F)c(F)nc(F)c1F. The Labute approximate surface area is 134 Å². The van der Waals surface area contributed by atoms with E-state index in [0.29, 0.717) is 18.6 Å². The maximum Gasteiger partial charge on any atom is 0.253 e. The Balaban J connectivity index is 1.82. The van der Waals surface area contributed by atoms with Gasteiger partial charge in [-0.05, 0) is 25.0 Å². The first-order chi connectivity index (χ1) is 11.5. The number of carbonyl (C=O) groups is 1. The Morgan fingerprint density at radius 1 is 1.29 bits per heavy atom. The number of furan rings is 1. The second-order valence-electron chi connectivity index (χ2n) is 5.32. The third-order valence-corrected chi connectivity index (χ3v) is 3.83. The summed E-state index contributed by atoms with van der Waals surface area (Å²) in [4.78, 5) is 15.8. The third kappa shape index (κ3) is 2.93. The summed E-state index contributed by atoms with van der Waals surface area (Å²) in [7, 11) is 0. The zero-order valence-corrected chi connectivity index (χ0v) is 12.4. The van der Waals surface area contributed by atoms with Gasteiger partial charge >= 0.3 is 0 Å². The van der Waals surface area contributed by atoms with Crippen molar-refractivity contribution in [3.05, 3.63) is 47.7 Å². The predicted octanol–water partition coefficient (Wildman–Crippen LogP) is 2.52. The van der Waals surface area contributed by atoms with E-state index in [2.05, 4.69) is 10.3 Å². The standard InChI is InChI=1S/C15H13F4N3O2/c16-10-12(11(17)14(19)21-13(10)18)22-5-1-4-9(22)15(23)20-7-8-3-2-6-24-8/h2-3,6,9H,1,4-5,7H2,(H,20,23)/t9-/m0/s1. The zero-order chi connectivity index (χ0) is 17.3. The molecule has 2 aromatic heterocycles. The fourth-order valence-corrected chi connectivity index (χ4v) is 2.74. The van der Waals surface area contributed by atoms with Crippen LogP contribution in [0.15, 0.2) is 22.8 Å². The Hall–Kier alpha value is -2.58. The van der Waals surface area contributed by atoms with Crippen LogP contribution < -0.4 is 10.2 Å². The molecule has 2 aromatic rings. The molecule has 1 aliphatic rings. The van der Waals surface area contributed by atoms with Crippen LogP contribution in [0, 0.1) is 23.5 Å². The van der Waals surface area contributed by atoms with Crippen LogP contribution in [0.2, 0.25) is 0 Å². The summed E-state index contributed by atoms with van der Waals surface area (Å²) in [6.07, 6.45) is 2.19. The van der Waals surface area contributed by atoms with Gasteiger partial charge in [-0.3, -0.25) is 4.79 Å². The highest BCUT2D eigenvalue weighted by Gasteiger charge is 2.36. The number of amides is 1. The number of nitrogens with one attached hydrogen (secondary N) is 1. The van der Waals surface area contributed by atoms with Crippen LogP contribution in [0.4, 0.5) is 23.2 Å². The summed E-state index contributed by atoms with van der Waals surface area (Å²) in [5.74, 6) is -6.72. The monoisotopic (exact) mass is 343 g/mol. The van der Waals surface area contributed by atoms with Crippen LogP contribution in [0.3, 0.4) is 0 Å². The Kier molecular flexibility index (Phi) is 4.41. The molecule has 128 valence electrons. The summed E-state index contributed by atoms with van der Waals surface area (Å²) < 4.78 is 59.5. The molecule has 3 heterocycles. The fraction of sp³-hybridized carbons (Fsp3) is 0.333. The van der Waals surface area contributed by atoms with Gasteiger partial charge in [0.25, 0.3) is 11.9 Å². The number of nitrogens with zero attached hydrogens (tertiary/aromatic N) is 2. The van der Waals surface area contributed by atoms with Gasteiger partial charge < -0.3 is 14.6 Å². The van der Waals surface area contributed by atoms with Gasteiger partial charge in [0.2, 0.25) is 17.5 Å². The number of hydrogen-bond acceptors (Lipinski definition) is 4. The molecule has 1 N–H and O–H groups in total. The summed E-state index contributed by atoms with van der Waals surface area (Å²) in [5.41, 5.74) is -0.907. The molecule has 1 atom stereocenters. The molecule has 0 spiro atoms. The number of rotatable bonds is 4. The molecule has 9 heteroatoms. The predicted molar refractivity (Wildman–Crippen MR) is 75.0 cm³/mol. The van der Waals surface area contributed by atoms with Crippen LogP contribution in [0.1, 0.15) is 18.6 Å². The van der Waals surface area contributed by atoms with Crippen molar-refractivity contribution in [2.75, 3.05) is 11.4 Å². The molecule has 1 fully saturated rings. The number of anilines is 1. The van der Waals surface area contributed by atoms with E-state index in [-0.39, 0.29) is 13.1 Å². The topological polar surface area (TPSA) is 58.4 Å². The van der Waals surface area contributed by atoms with E-state index < -0.39 is 41.2 Å². The molecular formula is C15H13F4N3O2. The third-order valence-electron chi connectivity index (χ3n) is 3.83. The maximum atomic E-state index is 13.9. The molecule has 0 radical (unpaired) electrons. The molecule has 0 unspecified atom stereocenters. The van der Waals surface area contributed by atoms with Gasteiger partial charge in [-0.2, -0.15) is 22.5 Å². The van der Waals surface area contributed by atoms with E-state index in [1.807, 2.05) is 0 Å². The number of carbonyl (C=O) groups excluding carboxylic acids is 1. The van der Waals surface area contributed by atoms with Gasteiger partial charge in [0, 0.05) is 6.54 Å². The highest BCUT2D eigenvalue weighted by molar-refractivity contribution is 5.85. The minimum atomic E-state index is -1.74. The summed E-state index contributed by atoms with van der Waals surface area (Å²) in [5, 5.41) is 2.57. The Bertz CT molecular complexity index is 725. The van der Waals surface area contributed by atoms with Crippen molar-refractivity contribution in [1.82, 2.24) is 10.3 Å². The molecule has 0 aromatic carbocycles. The lowest BCUT2D eigenvalue weighted by Gasteiger charge is -2.26. The first kappa shape index (κ1) is 16.3. The molecule has 1 aliphatic heterocycles. The van der Waals surface area contributed by atoms with E-state index in [1.54, 1.807) is 12.1 Å². The molecule has 5 nitrogen and oxygen atoms in total. The number of aromatic nitrogens is 1. The van der Waals surface area contributed by atoms with Gasteiger partial charge in [-0.1, -0.05) is 0 Å². The zero-order valence-electron chi connectivity index (χ0n) is 12.4. The van der Waals surface area contributed by atoms with Crippen LogP contribution in [0.5, 0.6) is 0 Å². The average molecular weight is 343 g/mol. The van der Waals surface area contributed by atoms with Crippen LogP contribution in [0.25, 0.3) is 0 Å². The van der Waals surface area contributed by atoms with Gasteiger partial charge in [0.15, 0.2) is 0 Å². The normalized spacial score (nSPS) is 17.3. The number of hydrogen-bond donors (Lipinski definition) is 1. The lowest BCUT2D eigenvalue weighted by molar-refractivity contribution is -0.122. The molecule has 3 rings (SSSR count). The van der Waals surface area contributed by atoms with Gasteiger partial charge in [-0.15, -0.1) is 0 Å². The number of halogens is 4. The lowest BCUT2D eigenvalue weighted by atomic mass is 10.2. The fourth-order valence-electron chi connectivity index (χ4n) is 2.74. The average Bonchev–Trinajstić information content (AvgIpc) is 3.23. The molecule has 0 saturated carbocycles. The lowest BCUT2D eigenvalue weighted by Crippen LogP contribution is -2.44. The molecule has 0 bridgehead atoms. The second-order valence-corrected chi connectivity index (χ2v) is 5.32. The van der Waals surface area contributed by atoms with Crippen molar-refractivity contribution in [1.29, 1.82) is 0 Å². The van der Waals surface area contributed by atoms with Crippen molar-refractivity contribution in [2.24, 2.45) is 0 Å². The quantitative estimate of drug-likeness (QED) is 0.685.